The summed E-state index contributed by atoms with van der Waals surface area (Å²) < 4.78 is 7.46. The number of hydrogen-bond acceptors (Lipinski definition) is 5. The second kappa shape index (κ2) is 5.57. The Bertz CT molecular complexity index is 725. The predicted molar refractivity (Wildman–Crippen MR) is 84.3 cm³/mol. The molecule has 1 saturated heterocycles. The van der Waals surface area contributed by atoms with Crippen LogP contribution >= 0.6 is 0 Å². The maximum atomic E-state index is 11.1. The second-order valence-electron chi connectivity index (χ2n) is 5.80. The third-order valence-corrected chi connectivity index (χ3v) is 4.37. The Kier molecular flexibility index (Phi) is 3.74. The fourth-order valence-corrected chi connectivity index (χ4v) is 3.11. The Morgan fingerprint density at radius 1 is 1.45 bits per heavy atom. The number of ether oxygens (including phenoxy) is 1. The third-order valence-electron chi connectivity index (χ3n) is 4.37. The summed E-state index contributed by atoms with van der Waals surface area (Å²) in [6.45, 7) is 3.49. The number of nitrogens with zero attached hydrogens (tertiary/aromatic N) is 4. The molecule has 0 saturated carbocycles. The lowest BCUT2D eigenvalue weighted by Crippen LogP contribution is -2.40. The molecule has 7 nitrogen and oxygen atoms in total. The molecule has 0 spiro atoms. The molecule has 1 atom stereocenters. The monoisotopic (exact) mass is 304 g/mol. The first-order valence-electron chi connectivity index (χ1n) is 7.40. The highest BCUT2D eigenvalue weighted by atomic mass is 16.6. The van der Waals surface area contributed by atoms with Crippen molar-refractivity contribution in [3.05, 3.63) is 27.8 Å². The Balaban J connectivity index is 2.04. The number of rotatable bonds is 3. The van der Waals surface area contributed by atoms with E-state index in [1.165, 1.54) is 0 Å². The van der Waals surface area contributed by atoms with Gasteiger partial charge in [-0.1, -0.05) is 0 Å². The van der Waals surface area contributed by atoms with Gasteiger partial charge < -0.3 is 14.2 Å². The van der Waals surface area contributed by atoms with Crippen LogP contribution in [-0.4, -0.2) is 40.8 Å². The van der Waals surface area contributed by atoms with Gasteiger partial charge in [0.1, 0.15) is 0 Å². The number of hydrogen-bond donors (Lipinski definition) is 0. The molecule has 0 N–H and O–H groups in total. The van der Waals surface area contributed by atoms with Crippen molar-refractivity contribution in [2.24, 2.45) is 7.05 Å². The lowest BCUT2D eigenvalue weighted by molar-refractivity contribution is -0.385. The van der Waals surface area contributed by atoms with Crippen molar-refractivity contribution in [3.8, 4) is 0 Å². The number of aromatic nitrogens is 2. The van der Waals surface area contributed by atoms with Crippen molar-refractivity contribution in [1.82, 2.24) is 9.55 Å². The van der Waals surface area contributed by atoms with Crippen molar-refractivity contribution in [1.29, 1.82) is 0 Å². The molecule has 0 bridgehead atoms. The van der Waals surface area contributed by atoms with Gasteiger partial charge in [0.25, 0.3) is 5.69 Å². The molecule has 0 aliphatic carbocycles. The molecule has 2 aromatic rings. The Morgan fingerprint density at radius 2 is 2.23 bits per heavy atom. The number of benzene rings is 1. The van der Waals surface area contributed by atoms with Gasteiger partial charge in [-0.25, -0.2) is 4.98 Å². The van der Waals surface area contributed by atoms with Gasteiger partial charge in [0, 0.05) is 38.9 Å². The molecule has 22 heavy (non-hydrogen) atoms. The smallest absolute Gasteiger partial charge is 0.274 e. The summed E-state index contributed by atoms with van der Waals surface area (Å²) in [5.41, 5.74) is 2.35. The number of nitro groups is 1. The number of anilines is 1. The minimum atomic E-state index is -0.356. The molecule has 3 rings (SSSR count). The Morgan fingerprint density at radius 3 is 2.91 bits per heavy atom. The molecule has 1 fully saturated rings. The lowest BCUT2D eigenvalue weighted by Gasteiger charge is -2.32. The fraction of sp³-hybridized carbons (Fsp3) is 0.533. The molecule has 118 valence electrons. The van der Waals surface area contributed by atoms with E-state index in [-0.39, 0.29) is 16.7 Å². The second-order valence-corrected chi connectivity index (χ2v) is 5.80. The van der Waals surface area contributed by atoms with E-state index in [4.69, 9.17) is 4.74 Å². The van der Waals surface area contributed by atoms with Crippen LogP contribution in [0.2, 0.25) is 0 Å². The molecule has 1 unspecified atom stereocenters. The van der Waals surface area contributed by atoms with Crippen LogP contribution in [0.5, 0.6) is 0 Å². The first-order valence-corrected chi connectivity index (χ1v) is 7.40. The summed E-state index contributed by atoms with van der Waals surface area (Å²) in [5, 5.41) is 11.1. The van der Waals surface area contributed by atoms with Crippen molar-refractivity contribution in [2.75, 3.05) is 25.1 Å². The summed E-state index contributed by atoms with van der Waals surface area (Å²) in [4.78, 5) is 17.5. The number of nitro benzene ring substituents is 1. The van der Waals surface area contributed by atoms with Crippen molar-refractivity contribution < 1.29 is 9.66 Å². The number of fused-ring (bicyclic) bond motifs is 1. The first-order chi connectivity index (χ1) is 10.5. The Hall–Kier alpha value is -2.15. The van der Waals surface area contributed by atoms with E-state index >= 15 is 0 Å². The van der Waals surface area contributed by atoms with Crippen LogP contribution in [0.4, 0.5) is 11.6 Å². The molecular formula is C15H20N4O3. The van der Waals surface area contributed by atoms with Gasteiger partial charge in [-0.15, -0.1) is 0 Å². The molecule has 1 aliphatic heterocycles. The van der Waals surface area contributed by atoms with Gasteiger partial charge in [-0.2, -0.15) is 0 Å². The average Bonchev–Trinajstić information content (AvgIpc) is 2.83. The zero-order chi connectivity index (χ0) is 15.9. The molecule has 0 amide bonds. The minimum absolute atomic E-state index is 0.116. The molecule has 1 aliphatic rings. The zero-order valence-electron chi connectivity index (χ0n) is 13.1. The average molecular weight is 304 g/mol. The largest absolute Gasteiger partial charge is 0.380 e. The topological polar surface area (TPSA) is 73.4 Å². The van der Waals surface area contributed by atoms with Gasteiger partial charge in [0.2, 0.25) is 5.95 Å². The molecule has 1 aromatic carbocycles. The van der Waals surface area contributed by atoms with Crippen molar-refractivity contribution in [2.45, 2.75) is 25.9 Å². The fourth-order valence-electron chi connectivity index (χ4n) is 3.11. The highest BCUT2D eigenvalue weighted by molar-refractivity contribution is 5.82. The summed E-state index contributed by atoms with van der Waals surface area (Å²) in [5.74, 6) is 0.844. The maximum Gasteiger partial charge on any atom is 0.274 e. The van der Waals surface area contributed by atoms with E-state index in [1.54, 1.807) is 20.1 Å². The molecule has 0 radical (unpaired) electrons. The number of aryl methyl sites for hydroxylation is 2. The van der Waals surface area contributed by atoms with Crippen LogP contribution < -0.4 is 4.90 Å². The highest BCUT2D eigenvalue weighted by Crippen LogP contribution is 2.29. The van der Waals surface area contributed by atoms with Gasteiger partial charge >= 0.3 is 0 Å². The molecule has 7 heteroatoms. The summed E-state index contributed by atoms with van der Waals surface area (Å²) in [6.07, 6.45) is 2.33. The summed E-state index contributed by atoms with van der Waals surface area (Å²) in [6, 6.07) is 3.40. The van der Waals surface area contributed by atoms with Crippen LogP contribution in [0.15, 0.2) is 12.1 Å². The van der Waals surface area contributed by atoms with Crippen molar-refractivity contribution in [3.63, 3.8) is 0 Å². The Labute approximate surface area is 128 Å². The van der Waals surface area contributed by atoms with E-state index in [9.17, 15) is 10.1 Å². The highest BCUT2D eigenvalue weighted by Gasteiger charge is 2.24. The van der Waals surface area contributed by atoms with E-state index in [0.717, 1.165) is 37.4 Å². The van der Waals surface area contributed by atoms with Crippen LogP contribution in [0.25, 0.3) is 11.0 Å². The van der Waals surface area contributed by atoms with E-state index in [2.05, 4.69) is 9.88 Å². The minimum Gasteiger partial charge on any atom is -0.380 e. The van der Waals surface area contributed by atoms with Gasteiger partial charge in [-0.05, 0) is 25.8 Å². The first kappa shape index (κ1) is 14.8. The normalized spacial score (nSPS) is 18.9. The van der Waals surface area contributed by atoms with Crippen LogP contribution in [-0.2, 0) is 11.8 Å². The molecule has 1 aromatic heterocycles. The number of methoxy groups -OCH3 is 1. The number of piperidine rings is 1. The van der Waals surface area contributed by atoms with E-state index < -0.39 is 0 Å². The zero-order valence-corrected chi connectivity index (χ0v) is 13.1. The molecular weight excluding hydrogens is 284 g/mol. The van der Waals surface area contributed by atoms with Crippen LogP contribution in [0.1, 0.15) is 18.4 Å². The summed E-state index contributed by atoms with van der Waals surface area (Å²) >= 11 is 0. The number of imidazole rings is 1. The predicted octanol–water partition coefficient (Wildman–Crippen LogP) is 2.41. The SMILES string of the molecule is COC1CCCN(c2nc3cc([N+](=O)[O-])c(C)cc3n2C)C1. The van der Waals surface area contributed by atoms with Gasteiger partial charge in [0.05, 0.1) is 22.1 Å². The standard InChI is InChI=1S/C15H20N4O3/c1-10-7-14-12(8-13(10)19(20)21)16-15(17(14)2)18-6-4-5-11(9-18)22-3/h7-8,11H,4-6,9H2,1-3H3. The van der Waals surface area contributed by atoms with E-state index in [1.807, 2.05) is 17.7 Å². The third kappa shape index (κ3) is 2.41. The maximum absolute atomic E-state index is 11.1. The van der Waals surface area contributed by atoms with Crippen molar-refractivity contribution >= 4 is 22.7 Å². The summed E-state index contributed by atoms with van der Waals surface area (Å²) in [7, 11) is 3.68. The van der Waals surface area contributed by atoms with E-state index in [0.29, 0.717) is 11.1 Å². The quantitative estimate of drug-likeness (QED) is 0.643. The van der Waals surface area contributed by atoms with Crippen LogP contribution in [0, 0.1) is 17.0 Å². The van der Waals surface area contributed by atoms with Crippen LogP contribution in [0.3, 0.4) is 0 Å². The van der Waals surface area contributed by atoms with Gasteiger partial charge in [0.15, 0.2) is 0 Å². The van der Waals surface area contributed by atoms with Gasteiger partial charge in [-0.3, -0.25) is 10.1 Å². The molecule has 2 heterocycles. The lowest BCUT2D eigenvalue weighted by atomic mass is 10.1.